The zero-order valence-corrected chi connectivity index (χ0v) is 11.0. The van der Waals surface area contributed by atoms with Crippen LogP contribution < -0.4 is 5.43 Å². The Kier molecular flexibility index (Phi) is 5.09. The van der Waals surface area contributed by atoms with Crippen LogP contribution in [0.3, 0.4) is 0 Å². The van der Waals surface area contributed by atoms with Crippen LogP contribution in [0, 0.1) is 5.82 Å². The number of benzene rings is 1. The lowest BCUT2D eigenvalue weighted by molar-refractivity contribution is -0.132. The van der Waals surface area contributed by atoms with Crippen molar-refractivity contribution in [3.63, 3.8) is 0 Å². The van der Waals surface area contributed by atoms with Crippen molar-refractivity contribution in [2.75, 3.05) is 12.5 Å². The number of hydrogen-bond acceptors (Lipinski definition) is 4. The van der Waals surface area contributed by atoms with Crippen molar-refractivity contribution in [2.24, 2.45) is 5.10 Å². The molecule has 0 heterocycles. The SMILES string of the molecule is CC/C(=N\Nc1ccc(F)cc1Br)C(=O)OC. The van der Waals surface area contributed by atoms with Crippen LogP contribution in [0.1, 0.15) is 13.3 Å². The fraction of sp³-hybridized carbons (Fsp3) is 0.273. The van der Waals surface area contributed by atoms with E-state index in [0.717, 1.165) is 0 Å². The number of anilines is 1. The van der Waals surface area contributed by atoms with Crippen molar-refractivity contribution < 1.29 is 13.9 Å². The molecule has 0 fully saturated rings. The first-order valence-corrected chi connectivity index (χ1v) is 5.73. The number of rotatable bonds is 4. The Labute approximate surface area is 107 Å². The molecule has 0 saturated heterocycles. The normalized spacial score (nSPS) is 11.2. The molecule has 92 valence electrons. The molecule has 0 radical (unpaired) electrons. The van der Waals surface area contributed by atoms with Gasteiger partial charge in [0.05, 0.1) is 12.8 Å². The zero-order chi connectivity index (χ0) is 12.8. The van der Waals surface area contributed by atoms with E-state index < -0.39 is 5.97 Å². The van der Waals surface area contributed by atoms with E-state index in [1.807, 2.05) is 0 Å². The summed E-state index contributed by atoms with van der Waals surface area (Å²) in [5, 5.41) is 3.91. The highest BCUT2D eigenvalue weighted by Crippen LogP contribution is 2.22. The van der Waals surface area contributed by atoms with Gasteiger partial charge in [-0.25, -0.2) is 9.18 Å². The van der Waals surface area contributed by atoms with E-state index in [9.17, 15) is 9.18 Å². The van der Waals surface area contributed by atoms with Gasteiger partial charge in [0, 0.05) is 4.47 Å². The van der Waals surface area contributed by atoms with Crippen molar-refractivity contribution >= 4 is 33.3 Å². The lowest BCUT2D eigenvalue weighted by atomic mass is 10.3. The Morgan fingerprint density at radius 1 is 1.59 bits per heavy atom. The van der Waals surface area contributed by atoms with Crippen LogP contribution in [-0.4, -0.2) is 18.8 Å². The van der Waals surface area contributed by atoms with Gasteiger partial charge < -0.3 is 4.74 Å². The largest absolute Gasteiger partial charge is 0.464 e. The highest BCUT2D eigenvalue weighted by atomic mass is 79.9. The number of hydrazone groups is 1. The Morgan fingerprint density at radius 3 is 2.82 bits per heavy atom. The Morgan fingerprint density at radius 2 is 2.29 bits per heavy atom. The summed E-state index contributed by atoms with van der Waals surface area (Å²) in [4.78, 5) is 11.2. The maximum Gasteiger partial charge on any atom is 0.354 e. The van der Waals surface area contributed by atoms with Gasteiger partial charge in [-0.1, -0.05) is 6.92 Å². The highest BCUT2D eigenvalue weighted by molar-refractivity contribution is 9.10. The summed E-state index contributed by atoms with van der Waals surface area (Å²) in [7, 11) is 1.29. The molecule has 4 nitrogen and oxygen atoms in total. The predicted octanol–water partition coefficient (Wildman–Crippen LogP) is 2.94. The van der Waals surface area contributed by atoms with E-state index in [1.54, 1.807) is 6.92 Å². The molecule has 0 saturated carbocycles. The fourth-order valence-corrected chi connectivity index (χ4v) is 1.53. The van der Waals surface area contributed by atoms with Gasteiger partial charge in [-0.3, -0.25) is 5.43 Å². The second kappa shape index (κ2) is 6.34. The summed E-state index contributed by atoms with van der Waals surface area (Å²) >= 11 is 3.19. The van der Waals surface area contributed by atoms with Crippen LogP contribution >= 0.6 is 15.9 Å². The first-order valence-electron chi connectivity index (χ1n) is 4.94. The minimum atomic E-state index is -0.488. The van der Waals surface area contributed by atoms with Gasteiger partial charge in [-0.2, -0.15) is 5.10 Å². The summed E-state index contributed by atoms with van der Waals surface area (Å²) in [5.41, 5.74) is 3.52. The molecule has 1 aromatic carbocycles. The third-order valence-corrected chi connectivity index (χ3v) is 2.65. The molecule has 0 atom stereocenters. The number of carbonyl (C=O) groups excluding carboxylic acids is 1. The number of ether oxygens (including phenoxy) is 1. The topological polar surface area (TPSA) is 50.7 Å². The summed E-state index contributed by atoms with van der Waals surface area (Å²) in [6.07, 6.45) is 0.443. The van der Waals surface area contributed by atoms with E-state index in [4.69, 9.17) is 0 Å². The van der Waals surface area contributed by atoms with E-state index >= 15 is 0 Å². The minimum absolute atomic E-state index is 0.267. The van der Waals surface area contributed by atoms with Gasteiger partial charge in [-0.05, 0) is 40.5 Å². The van der Waals surface area contributed by atoms with Crippen LogP contribution in [0.2, 0.25) is 0 Å². The smallest absolute Gasteiger partial charge is 0.354 e. The Balaban J connectivity index is 2.84. The molecular formula is C11H12BrFN2O2. The molecule has 0 unspecified atom stereocenters. The van der Waals surface area contributed by atoms with Crippen LogP contribution in [0.4, 0.5) is 10.1 Å². The van der Waals surface area contributed by atoms with Crippen molar-refractivity contribution in [2.45, 2.75) is 13.3 Å². The highest BCUT2D eigenvalue weighted by Gasteiger charge is 2.09. The number of esters is 1. The third-order valence-electron chi connectivity index (χ3n) is 2.00. The van der Waals surface area contributed by atoms with Crippen LogP contribution in [0.15, 0.2) is 27.8 Å². The molecule has 1 N–H and O–H groups in total. The summed E-state index contributed by atoms with van der Waals surface area (Å²) < 4.78 is 17.9. The molecule has 1 rings (SSSR count). The molecule has 0 amide bonds. The third kappa shape index (κ3) is 3.81. The number of halogens is 2. The zero-order valence-electron chi connectivity index (χ0n) is 9.46. The maximum absolute atomic E-state index is 12.8. The molecule has 1 aromatic rings. The monoisotopic (exact) mass is 302 g/mol. The average molecular weight is 303 g/mol. The van der Waals surface area contributed by atoms with Crippen LogP contribution in [-0.2, 0) is 9.53 Å². The van der Waals surface area contributed by atoms with Crippen molar-refractivity contribution in [1.29, 1.82) is 0 Å². The molecule has 0 aromatic heterocycles. The first-order chi connectivity index (χ1) is 8.08. The van der Waals surface area contributed by atoms with Crippen LogP contribution in [0.5, 0.6) is 0 Å². The summed E-state index contributed by atoms with van der Waals surface area (Å²) in [6, 6.07) is 4.13. The fourth-order valence-electron chi connectivity index (χ4n) is 1.09. The number of nitrogens with zero attached hydrogens (tertiary/aromatic N) is 1. The van der Waals surface area contributed by atoms with Crippen molar-refractivity contribution in [1.82, 2.24) is 0 Å². The minimum Gasteiger partial charge on any atom is -0.464 e. The lowest BCUT2D eigenvalue weighted by Crippen LogP contribution is -2.16. The van der Waals surface area contributed by atoms with Crippen molar-refractivity contribution in [3.8, 4) is 0 Å². The number of methoxy groups -OCH3 is 1. The number of carbonyl (C=O) groups is 1. The molecule has 0 spiro atoms. The van der Waals surface area contributed by atoms with E-state index in [1.165, 1.54) is 25.3 Å². The Hall–Kier alpha value is -1.43. The first kappa shape index (κ1) is 13.6. The van der Waals surface area contributed by atoms with Gasteiger partial charge in [0.1, 0.15) is 11.5 Å². The van der Waals surface area contributed by atoms with E-state index in [2.05, 4.69) is 31.2 Å². The summed E-state index contributed by atoms with van der Waals surface area (Å²) in [5.74, 6) is -0.840. The molecule has 6 heteroatoms. The van der Waals surface area contributed by atoms with Crippen molar-refractivity contribution in [3.05, 3.63) is 28.5 Å². The van der Waals surface area contributed by atoms with Gasteiger partial charge in [0.15, 0.2) is 0 Å². The Bertz CT molecular complexity index is 449. The average Bonchev–Trinajstić information content (AvgIpc) is 2.31. The quantitative estimate of drug-likeness (QED) is 0.528. The molecule has 0 aliphatic carbocycles. The van der Waals surface area contributed by atoms with Crippen LogP contribution in [0.25, 0.3) is 0 Å². The van der Waals surface area contributed by atoms with Gasteiger partial charge in [-0.15, -0.1) is 0 Å². The molecule has 0 aliphatic heterocycles. The van der Waals surface area contributed by atoms with Gasteiger partial charge >= 0.3 is 5.97 Å². The second-order valence-electron chi connectivity index (χ2n) is 3.14. The van der Waals surface area contributed by atoms with E-state index in [0.29, 0.717) is 16.6 Å². The molecular weight excluding hydrogens is 291 g/mol. The molecule has 0 bridgehead atoms. The lowest BCUT2D eigenvalue weighted by Gasteiger charge is -2.05. The van der Waals surface area contributed by atoms with Gasteiger partial charge in [0.2, 0.25) is 0 Å². The molecule has 17 heavy (non-hydrogen) atoms. The van der Waals surface area contributed by atoms with Gasteiger partial charge in [0.25, 0.3) is 0 Å². The summed E-state index contributed by atoms with van der Waals surface area (Å²) in [6.45, 7) is 1.79. The van der Waals surface area contributed by atoms with E-state index in [-0.39, 0.29) is 11.5 Å². The number of hydrogen-bond donors (Lipinski definition) is 1. The second-order valence-corrected chi connectivity index (χ2v) is 3.99. The maximum atomic E-state index is 12.8. The predicted molar refractivity (Wildman–Crippen MR) is 67.5 cm³/mol. The molecule has 0 aliphatic rings. The number of nitrogens with one attached hydrogen (secondary N) is 1. The standard InChI is InChI=1S/C11H12BrFN2O2/c1-3-9(11(16)17-2)14-15-10-5-4-7(13)6-8(10)12/h4-6,15H,3H2,1-2H3/b14-9+.